The van der Waals surface area contributed by atoms with Gasteiger partial charge in [0.05, 0.1) is 12.1 Å². The van der Waals surface area contributed by atoms with Gasteiger partial charge in [-0.2, -0.15) is 10.2 Å². The molecule has 7 nitrogen and oxygen atoms in total. The molecule has 2 atom stereocenters. The number of aromatic amines is 1. The van der Waals surface area contributed by atoms with Crippen LogP contribution in [0.2, 0.25) is 0 Å². The first-order valence-corrected chi connectivity index (χ1v) is 7.30. The second kappa shape index (κ2) is 5.95. The van der Waals surface area contributed by atoms with Crippen molar-refractivity contribution >= 4 is 0 Å². The zero-order valence-electron chi connectivity index (χ0n) is 12.8. The van der Waals surface area contributed by atoms with Gasteiger partial charge < -0.3 is 4.74 Å². The summed E-state index contributed by atoms with van der Waals surface area (Å²) in [4.78, 5) is 6.90. The third kappa shape index (κ3) is 2.98. The van der Waals surface area contributed by atoms with Gasteiger partial charge in [0.15, 0.2) is 5.82 Å². The molecule has 0 unspecified atom stereocenters. The molecule has 1 N–H and O–H groups in total. The van der Waals surface area contributed by atoms with Gasteiger partial charge in [0.2, 0.25) is 0 Å². The van der Waals surface area contributed by atoms with Crippen molar-refractivity contribution in [2.24, 2.45) is 7.05 Å². The molecule has 0 bridgehead atoms. The summed E-state index contributed by atoms with van der Waals surface area (Å²) in [6.07, 6.45) is 4.00. The van der Waals surface area contributed by atoms with E-state index in [1.807, 2.05) is 24.9 Å². The zero-order valence-corrected chi connectivity index (χ0v) is 12.8. The zero-order chi connectivity index (χ0) is 14.8. The maximum absolute atomic E-state index is 5.54. The summed E-state index contributed by atoms with van der Waals surface area (Å²) in [5, 5.41) is 11.5. The molecule has 0 amide bonds. The molecular formula is C14H22N6O. The lowest BCUT2D eigenvalue weighted by atomic mass is 10.2. The third-order valence-electron chi connectivity index (χ3n) is 4.19. The van der Waals surface area contributed by atoms with E-state index in [-0.39, 0.29) is 12.1 Å². The second-order valence-corrected chi connectivity index (χ2v) is 5.58. The van der Waals surface area contributed by atoms with Crippen LogP contribution in [0.15, 0.2) is 12.3 Å². The Labute approximate surface area is 124 Å². The van der Waals surface area contributed by atoms with Gasteiger partial charge in [0, 0.05) is 45.6 Å². The molecule has 3 heterocycles. The van der Waals surface area contributed by atoms with E-state index in [2.05, 4.69) is 31.2 Å². The topological polar surface area (TPSA) is 71.9 Å². The van der Waals surface area contributed by atoms with Crippen LogP contribution in [0.4, 0.5) is 0 Å². The average molecular weight is 290 g/mol. The van der Waals surface area contributed by atoms with Gasteiger partial charge >= 0.3 is 0 Å². The van der Waals surface area contributed by atoms with Crippen molar-refractivity contribution < 1.29 is 4.74 Å². The summed E-state index contributed by atoms with van der Waals surface area (Å²) < 4.78 is 7.46. The summed E-state index contributed by atoms with van der Waals surface area (Å²) >= 11 is 0. The first-order chi connectivity index (χ1) is 10.2. The van der Waals surface area contributed by atoms with Crippen LogP contribution in [-0.4, -0.2) is 56.2 Å². The number of hydrogen-bond donors (Lipinski definition) is 1. The first-order valence-electron chi connectivity index (χ1n) is 7.30. The number of likely N-dealkylation sites (tertiary alicyclic amines) is 1. The van der Waals surface area contributed by atoms with Crippen molar-refractivity contribution in [3.8, 4) is 0 Å². The van der Waals surface area contributed by atoms with Gasteiger partial charge in [-0.05, 0) is 19.4 Å². The largest absolute Gasteiger partial charge is 0.380 e. The molecule has 2 aromatic heterocycles. The fourth-order valence-corrected chi connectivity index (χ4v) is 2.96. The van der Waals surface area contributed by atoms with E-state index in [0.29, 0.717) is 0 Å². The Morgan fingerprint density at radius 1 is 1.48 bits per heavy atom. The Bertz CT molecular complexity index is 592. The van der Waals surface area contributed by atoms with Crippen molar-refractivity contribution in [3.05, 3.63) is 29.6 Å². The van der Waals surface area contributed by atoms with Crippen LogP contribution in [0.25, 0.3) is 0 Å². The van der Waals surface area contributed by atoms with E-state index in [9.17, 15) is 0 Å². The maximum Gasteiger partial charge on any atom is 0.167 e. The molecular weight excluding hydrogens is 268 g/mol. The van der Waals surface area contributed by atoms with E-state index in [1.54, 1.807) is 7.11 Å². The number of rotatable bonds is 5. The lowest BCUT2D eigenvalue weighted by Crippen LogP contribution is -2.28. The van der Waals surface area contributed by atoms with Crippen LogP contribution in [0, 0.1) is 6.92 Å². The van der Waals surface area contributed by atoms with Crippen molar-refractivity contribution in [1.82, 2.24) is 29.9 Å². The second-order valence-electron chi connectivity index (χ2n) is 5.58. The number of H-pyrrole nitrogens is 1. The average Bonchev–Trinajstić information content (AvgIpc) is 3.16. The fraction of sp³-hybridized carbons (Fsp3) is 0.643. The number of nitrogens with zero attached hydrogens (tertiary/aromatic N) is 5. The minimum absolute atomic E-state index is 0.230. The monoisotopic (exact) mass is 290 g/mol. The van der Waals surface area contributed by atoms with Crippen molar-refractivity contribution in [3.63, 3.8) is 0 Å². The highest BCUT2D eigenvalue weighted by Crippen LogP contribution is 2.31. The summed E-state index contributed by atoms with van der Waals surface area (Å²) in [7, 11) is 3.75. The summed E-state index contributed by atoms with van der Waals surface area (Å²) in [5.41, 5.74) is 1.24. The number of ether oxygens (including phenoxy) is 1. The third-order valence-corrected chi connectivity index (χ3v) is 4.19. The maximum atomic E-state index is 5.54. The van der Waals surface area contributed by atoms with E-state index in [0.717, 1.165) is 37.6 Å². The van der Waals surface area contributed by atoms with Gasteiger partial charge in [-0.3, -0.25) is 14.7 Å². The van der Waals surface area contributed by atoms with Crippen LogP contribution in [-0.2, 0) is 18.2 Å². The van der Waals surface area contributed by atoms with Crippen molar-refractivity contribution in [2.45, 2.75) is 31.9 Å². The predicted molar refractivity (Wildman–Crippen MR) is 77.8 cm³/mol. The van der Waals surface area contributed by atoms with Crippen LogP contribution < -0.4 is 0 Å². The van der Waals surface area contributed by atoms with E-state index in [4.69, 9.17) is 4.74 Å². The molecule has 1 fully saturated rings. The number of hydrogen-bond acceptors (Lipinski definition) is 5. The van der Waals surface area contributed by atoms with E-state index >= 15 is 0 Å². The minimum Gasteiger partial charge on any atom is -0.380 e. The lowest BCUT2D eigenvalue weighted by molar-refractivity contribution is 0.108. The Morgan fingerprint density at radius 3 is 2.95 bits per heavy atom. The molecule has 0 spiro atoms. The smallest absolute Gasteiger partial charge is 0.167 e. The minimum atomic E-state index is 0.230. The summed E-state index contributed by atoms with van der Waals surface area (Å²) in [6, 6.07) is 2.30. The van der Waals surface area contributed by atoms with Crippen molar-refractivity contribution in [1.29, 1.82) is 0 Å². The van der Waals surface area contributed by atoms with Gasteiger partial charge in [-0.1, -0.05) is 0 Å². The fourth-order valence-electron chi connectivity index (χ4n) is 2.96. The van der Waals surface area contributed by atoms with Gasteiger partial charge in [0.1, 0.15) is 5.82 Å². The number of aryl methyl sites for hydroxylation is 2. The molecule has 0 saturated carbocycles. The number of methoxy groups -OCH3 is 1. The van der Waals surface area contributed by atoms with Crippen LogP contribution >= 0.6 is 0 Å². The van der Waals surface area contributed by atoms with Gasteiger partial charge in [0.25, 0.3) is 0 Å². The predicted octanol–water partition coefficient (Wildman–Crippen LogP) is 0.851. The molecule has 21 heavy (non-hydrogen) atoms. The highest BCUT2D eigenvalue weighted by molar-refractivity contribution is 5.04. The Kier molecular flexibility index (Phi) is 4.03. The quantitative estimate of drug-likeness (QED) is 0.884. The summed E-state index contributed by atoms with van der Waals surface area (Å²) in [6.45, 7) is 3.81. The van der Waals surface area contributed by atoms with Gasteiger partial charge in [-0.25, -0.2) is 4.98 Å². The molecule has 0 aliphatic carbocycles. The summed E-state index contributed by atoms with van der Waals surface area (Å²) in [5.74, 6) is 1.73. The Morgan fingerprint density at radius 2 is 2.33 bits per heavy atom. The molecule has 1 aliphatic heterocycles. The molecule has 0 aromatic carbocycles. The Hall–Kier alpha value is -1.73. The molecule has 1 saturated heterocycles. The standard InChI is InChI=1S/C14H22N6O/c1-10-16-14(18-17-10)13-8-12(21-3)9-20(13)7-5-11-4-6-15-19(11)2/h4,6,12-13H,5,7-9H2,1-3H3,(H,16,17,18)/t12-,13+/m1/s1. The number of nitrogens with one attached hydrogen (secondary N) is 1. The SMILES string of the molecule is CO[C@@H]1C[C@@H](c2n[nH]c(C)n2)N(CCc2ccnn2C)C1. The highest BCUT2D eigenvalue weighted by atomic mass is 16.5. The van der Waals surface area contributed by atoms with E-state index < -0.39 is 0 Å². The van der Waals surface area contributed by atoms with Crippen molar-refractivity contribution in [2.75, 3.05) is 20.2 Å². The molecule has 3 rings (SSSR count). The van der Waals surface area contributed by atoms with E-state index in [1.165, 1.54) is 5.69 Å². The number of aromatic nitrogens is 5. The Balaban J connectivity index is 1.70. The van der Waals surface area contributed by atoms with Crippen LogP contribution in [0.5, 0.6) is 0 Å². The van der Waals surface area contributed by atoms with Crippen LogP contribution in [0.3, 0.4) is 0 Å². The molecule has 7 heteroatoms. The first kappa shape index (κ1) is 14.2. The molecule has 0 radical (unpaired) electrons. The lowest BCUT2D eigenvalue weighted by Gasteiger charge is -2.21. The van der Waals surface area contributed by atoms with Gasteiger partial charge in [-0.15, -0.1) is 0 Å². The van der Waals surface area contributed by atoms with Crippen LogP contribution in [0.1, 0.15) is 29.8 Å². The molecule has 2 aromatic rings. The normalized spacial score (nSPS) is 23.0. The highest BCUT2D eigenvalue weighted by Gasteiger charge is 2.35. The molecule has 1 aliphatic rings. The molecule has 114 valence electrons.